The number of anilines is 1. The summed E-state index contributed by atoms with van der Waals surface area (Å²) in [6.07, 6.45) is 0.661. The van der Waals surface area contributed by atoms with E-state index in [1.807, 2.05) is 38.1 Å². The summed E-state index contributed by atoms with van der Waals surface area (Å²) in [7, 11) is -3.75. The van der Waals surface area contributed by atoms with E-state index < -0.39 is 10.0 Å². The number of nitrogens with zero attached hydrogens (tertiary/aromatic N) is 2. The molecule has 0 bridgehead atoms. The molecule has 9 heteroatoms. The van der Waals surface area contributed by atoms with Gasteiger partial charge in [0.25, 0.3) is 5.91 Å². The number of carbonyl (C=O) groups is 2. The average molecular weight is 474 g/mol. The molecule has 0 spiro atoms. The fourth-order valence-corrected chi connectivity index (χ4v) is 5.38. The fourth-order valence-electron chi connectivity index (χ4n) is 3.72. The summed E-state index contributed by atoms with van der Waals surface area (Å²) in [6.45, 7) is 7.02. The van der Waals surface area contributed by atoms with Gasteiger partial charge in [-0.2, -0.15) is 4.31 Å². The normalized spacial score (nSPS) is 14.6. The van der Waals surface area contributed by atoms with E-state index in [1.54, 1.807) is 19.1 Å². The maximum atomic E-state index is 13.3. The number of nitrogens with one attached hydrogen (secondary N) is 1. The van der Waals surface area contributed by atoms with Crippen LogP contribution in [0.15, 0.2) is 47.4 Å². The smallest absolute Gasteiger partial charge is 0.254 e. The predicted molar refractivity (Wildman–Crippen MR) is 127 cm³/mol. The van der Waals surface area contributed by atoms with Gasteiger partial charge in [0.05, 0.1) is 18.1 Å². The number of rotatable bonds is 8. The van der Waals surface area contributed by atoms with Crippen LogP contribution in [0.2, 0.25) is 0 Å². The van der Waals surface area contributed by atoms with E-state index in [0.717, 1.165) is 5.56 Å². The first-order valence-electron chi connectivity index (χ1n) is 11.1. The molecule has 8 nitrogen and oxygen atoms in total. The summed E-state index contributed by atoms with van der Waals surface area (Å²) in [5.74, 6) is -0.686. The van der Waals surface area contributed by atoms with Crippen molar-refractivity contribution in [2.75, 3.05) is 44.7 Å². The zero-order valence-electron chi connectivity index (χ0n) is 19.3. The second-order valence-electron chi connectivity index (χ2n) is 8.09. The Balaban J connectivity index is 1.81. The van der Waals surface area contributed by atoms with Crippen LogP contribution in [0.3, 0.4) is 0 Å². The molecule has 1 aliphatic rings. The van der Waals surface area contributed by atoms with Gasteiger partial charge in [-0.15, -0.1) is 0 Å². The molecule has 2 amide bonds. The third kappa shape index (κ3) is 5.98. The van der Waals surface area contributed by atoms with Gasteiger partial charge in [-0.3, -0.25) is 9.59 Å². The Labute approximate surface area is 195 Å². The molecule has 0 atom stereocenters. The minimum Gasteiger partial charge on any atom is -0.379 e. The van der Waals surface area contributed by atoms with Crippen LogP contribution < -0.4 is 5.32 Å². The molecule has 33 heavy (non-hydrogen) atoms. The molecular formula is C24H31N3O5S. The minimum absolute atomic E-state index is 0.107. The number of ether oxygens (including phenoxy) is 1. The van der Waals surface area contributed by atoms with E-state index in [-0.39, 0.29) is 41.9 Å². The zero-order chi connectivity index (χ0) is 24.0. The molecule has 0 aromatic heterocycles. The summed E-state index contributed by atoms with van der Waals surface area (Å²) in [5.41, 5.74) is 2.43. The van der Waals surface area contributed by atoms with E-state index in [9.17, 15) is 18.0 Å². The second kappa shape index (κ2) is 10.9. The number of benzene rings is 2. The highest BCUT2D eigenvalue weighted by Crippen LogP contribution is 2.23. The molecule has 0 saturated carbocycles. The second-order valence-corrected chi connectivity index (χ2v) is 9.99. The van der Waals surface area contributed by atoms with Gasteiger partial charge in [-0.25, -0.2) is 8.42 Å². The SMILES string of the molecule is CCCN(CC(=O)Nc1ccccc1C)C(=O)c1ccc(C)c(S(=O)(=O)N2CCOCC2)c1. The Morgan fingerprint density at radius 3 is 2.42 bits per heavy atom. The molecule has 178 valence electrons. The summed E-state index contributed by atoms with van der Waals surface area (Å²) in [4.78, 5) is 27.5. The van der Waals surface area contributed by atoms with E-state index >= 15 is 0 Å². The number of carbonyl (C=O) groups excluding carboxylic acids is 2. The largest absolute Gasteiger partial charge is 0.379 e. The molecule has 1 saturated heterocycles. The van der Waals surface area contributed by atoms with Gasteiger partial charge in [0.2, 0.25) is 15.9 Å². The van der Waals surface area contributed by atoms with Crippen LogP contribution in [-0.2, 0) is 19.6 Å². The zero-order valence-corrected chi connectivity index (χ0v) is 20.2. The van der Waals surface area contributed by atoms with Gasteiger partial charge in [-0.1, -0.05) is 31.2 Å². The summed E-state index contributed by atoms with van der Waals surface area (Å²) >= 11 is 0. The number of hydrogen-bond acceptors (Lipinski definition) is 5. The van der Waals surface area contributed by atoms with Crippen LogP contribution >= 0.6 is 0 Å². The first-order valence-corrected chi connectivity index (χ1v) is 12.5. The molecule has 0 radical (unpaired) electrons. The van der Waals surface area contributed by atoms with Crippen molar-refractivity contribution < 1.29 is 22.7 Å². The van der Waals surface area contributed by atoms with Gasteiger partial charge in [0.15, 0.2) is 0 Å². The average Bonchev–Trinajstić information content (AvgIpc) is 2.80. The van der Waals surface area contributed by atoms with Gasteiger partial charge >= 0.3 is 0 Å². The third-order valence-corrected chi connectivity index (χ3v) is 7.60. The van der Waals surface area contributed by atoms with Crippen molar-refractivity contribution in [3.8, 4) is 0 Å². The van der Waals surface area contributed by atoms with Crippen molar-refractivity contribution in [3.05, 3.63) is 59.2 Å². The van der Waals surface area contributed by atoms with Crippen LogP contribution in [0.1, 0.15) is 34.8 Å². The fraction of sp³-hybridized carbons (Fsp3) is 0.417. The highest BCUT2D eigenvalue weighted by Gasteiger charge is 2.29. The lowest BCUT2D eigenvalue weighted by Crippen LogP contribution is -2.41. The van der Waals surface area contributed by atoms with Crippen molar-refractivity contribution in [3.63, 3.8) is 0 Å². The first kappa shape index (κ1) is 24.9. The van der Waals surface area contributed by atoms with Gasteiger partial charge in [0, 0.05) is 30.9 Å². The highest BCUT2D eigenvalue weighted by molar-refractivity contribution is 7.89. The van der Waals surface area contributed by atoms with E-state index in [1.165, 1.54) is 15.3 Å². The standard InChI is InChI=1S/C24H31N3O5S/c1-4-11-26(17-23(28)25-21-8-6-5-7-18(21)2)24(29)20-10-9-19(3)22(16-20)33(30,31)27-12-14-32-15-13-27/h5-10,16H,4,11-15,17H2,1-3H3,(H,25,28). The quantitative estimate of drug-likeness (QED) is 0.636. The van der Waals surface area contributed by atoms with Crippen molar-refractivity contribution in [2.45, 2.75) is 32.1 Å². The highest BCUT2D eigenvalue weighted by atomic mass is 32.2. The Bertz CT molecular complexity index is 1110. The molecule has 0 unspecified atom stereocenters. The Kier molecular flexibility index (Phi) is 8.23. The predicted octanol–water partition coefficient (Wildman–Crippen LogP) is 2.82. The topological polar surface area (TPSA) is 96.0 Å². The number of hydrogen-bond donors (Lipinski definition) is 1. The first-order chi connectivity index (χ1) is 15.7. The number of sulfonamides is 1. The lowest BCUT2D eigenvalue weighted by atomic mass is 10.1. The molecule has 0 aliphatic carbocycles. The van der Waals surface area contributed by atoms with Crippen molar-refractivity contribution in [2.24, 2.45) is 0 Å². The number of morpholine rings is 1. The van der Waals surface area contributed by atoms with E-state index in [4.69, 9.17) is 4.74 Å². The summed E-state index contributed by atoms with van der Waals surface area (Å²) < 4.78 is 33.0. The van der Waals surface area contributed by atoms with Gasteiger partial charge in [0.1, 0.15) is 6.54 Å². The molecule has 2 aromatic rings. The maximum absolute atomic E-state index is 13.3. The Morgan fingerprint density at radius 1 is 1.06 bits per heavy atom. The third-order valence-electron chi connectivity index (χ3n) is 5.56. The maximum Gasteiger partial charge on any atom is 0.254 e. The van der Waals surface area contributed by atoms with Gasteiger partial charge in [-0.05, 0) is 49.6 Å². The molecule has 2 aromatic carbocycles. The van der Waals surface area contributed by atoms with Crippen LogP contribution in [0.4, 0.5) is 5.69 Å². The molecule has 1 fully saturated rings. The minimum atomic E-state index is -3.75. The number of aryl methyl sites for hydroxylation is 2. The Morgan fingerprint density at radius 2 is 1.76 bits per heavy atom. The van der Waals surface area contributed by atoms with Crippen molar-refractivity contribution in [1.82, 2.24) is 9.21 Å². The monoisotopic (exact) mass is 473 g/mol. The van der Waals surface area contributed by atoms with Crippen LogP contribution in [0, 0.1) is 13.8 Å². The molecule has 1 aliphatic heterocycles. The number of amides is 2. The van der Waals surface area contributed by atoms with Crippen molar-refractivity contribution in [1.29, 1.82) is 0 Å². The summed E-state index contributed by atoms with van der Waals surface area (Å²) in [5, 5.41) is 2.85. The molecule has 1 N–H and O–H groups in total. The lowest BCUT2D eigenvalue weighted by molar-refractivity contribution is -0.116. The van der Waals surface area contributed by atoms with Gasteiger partial charge < -0.3 is 15.0 Å². The van der Waals surface area contributed by atoms with E-state index in [2.05, 4.69) is 5.32 Å². The van der Waals surface area contributed by atoms with Crippen molar-refractivity contribution >= 4 is 27.5 Å². The van der Waals surface area contributed by atoms with Crippen LogP contribution in [0.5, 0.6) is 0 Å². The molecule has 1 heterocycles. The molecular weight excluding hydrogens is 442 g/mol. The van der Waals surface area contributed by atoms with Crippen LogP contribution in [-0.4, -0.2) is 68.8 Å². The molecule has 3 rings (SSSR count). The Hall–Kier alpha value is -2.75. The number of para-hydroxylation sites is 1. The van der Waals surface area contributed by atoms with Crippen LogP contribution in [0.25, 0.3) is 0 Å². The lowest BCUT2D eigenvalue weighted by Gasteiger charge is -2.27. The van der Waals surface area contributed by atoms with E-state index in [0.29, 0.717) is 37.4 Å². The summed E-state index contributed by atoms with van der Waals surface area (Å²) in [6, 6.07) is 12.1.